The van der Waals surface area contributed by atoms with Gasteiger partial charge in [0.2, 0.25) is 6.10 Å². The molecular weight excluding hydrogens is 284 g/mol. The number of halogens is 9. The monoisotopic (exact) mass is 286 g/mol. The van der Waals surface area contributed by atoms with Crippen LogP contribution < -0.4 is 0 Å². The molecule has 0 saturated heterocycles. The van der Waals surface area contributed by atoms with Crippen molar-refractivity contribution in [2.75, 3.05) is 0 Å². The van der Waals surface area contributed by atoms with Crippen molar-refractivity contribution in [2.24, 2.45) is 0 Å². The molecule has 88 valence electrons. The van der Waals surface area contributed by atoms with Crippen LogP contribution in [-0.4, -0.2) is 27.9 Å². The largest absolute Gasteiger partial charge is 0.423 e. The summed E-state index contributed by atoms with van der Waals surface area (Å²) < 4.78 is 65.1. The second-order valence-electron chi connectivity index (χ2n) is 1.73. The van der Waals surface area contributed by atoms with Crippen molar-refractivity contribution >= 4 is 34.8 Å². The molecule has 0 rings (SSSR count). The van der Waals surface area contributed by atoms with Crippen molar-refractivity contribution in [3.8, 4) is 0 Å². The topological polar surface area (TPSA) is 20.2 Å². The van der Waals surface area contributed by atoms with Gasteiger partial charge in [0.25, 0.3) is 0 Å². The van der Waals surface area contributed by atoms with Crippen LogP contribution in [0.25, 0.3) is 0 Å². The van der Waals surface area contributed by atoms with Crippen LogP contribution >= 0.6 is 34.8 Å². The van der Waals surface area contributed by atoms with Crippen LogP contribution in [0.2, 0.25) is 0 Å². The average molecular weight is 287 g/mol. The Kier molecular flexibility index (Phi) is 7.32. The van der Waals surface area contributed by atoms with Gasteiger partial charge >= 0.3 is 12.4 Å². The zero-order valence-electron chi connectivity index (χ0n) is 6.00. The molecule has 0 aromatic heterocycles. The van der Waals surface area contributed by atoms with Crippen LogP contribution in [0.3, 0.4) is 0 Å². The van der Waals surface area contributed by atoms with E-state index >= 15 is 0 Å². The van der Waals surface area contributed by atoms with Crippen molar-refractivity contribution in [1.82, 2.24) is 0 Å². The maximum Gasteiger partial charge on any atom is 0.423 e. The van der Waals surface area contributed by atoms with Gasteiger partial charge in [-0.05, 0) is 0 Å². The van der Waals surface area contributed by atoms with Gasteiger partial charge < -0.3 is 5.11 Å². The maximum atomic E-state index is 11.0. The fourth-order valence-corrected chi connectivity index (χ4v) is 0.186. The number of alkyl halides is 9. The summed E-state index contributed by atoms with van der Waals surface area (Å²) in [6, 6.07) is 0. The SMILES string of the molecule is ClC(Cl)Cl.OC(C(F)(F)F)C(F)(F)F. The lowest BCUT2D eigenvalue weighted by Crippen LogP contribution is -2.41. The van der Waals surface area contributed by atoms with Crippen molar-refractivity contribution in [1.29, 1.82) is 0 Å². The van der Waals surface area contributed by atoms with E-state index in [0.29, 0.717) is 0 Å². The van der Waals surface area contributed by atoms with Crippen LogP contribution in [0.4, 0.5) is 26.3 Å². The van der Waals surface area contributed by atoms with Gasteiger partial charge in [-0.15, -0.1) is 0 Å². The third-order valence-corrected chi connectivity index (χ3v) is 0.620. The van der Waals surface area contributed by atoms with Gasteiger partial charge in [0, 0.05) is 0 Å². The summed E-state index contributed by atoms with van der Waals surface area (Å²) in [5.41, 5.74) is 0. The quantitative estimate of drug-likeness (QED) is 0.534. The smallest absolute Gasteiger partial charge is 0.377 e. The fourth-order valence-electron chi connectivity index (χ4n) is 0.186. The van der Waals surface area contributed by atoms with Crippen molar-refractivity contribution in [2.45, 2.75) is 22.8 Å². The van der Waals surface area contributed by atoms with E-state index in [1.54, 1.807) is 0 Å². The Balaban J connectivity index is 0. The second kappa shape index (κ2) is 6.09. The molecule has 0 aliphatic rings. The highest BCUT2D eigenvalue weighted by atomic mass is 35.6. The molecule has 1 nitrogen and oxygen atoms in total. The maximum absolute atomic E-state index is 11.0. The zero-order chi connectivity index (χ0) is 12.2. The molecule has 0 amide bonds. The number of aliphatic hydroxyl groups is 1. The lowest BCUT2D eigenvalue weighted by atomic mass is 10.3. The van der Waals surface area contributed by atoms with E-state index in [0.717, 1.165) is 0 Å². The summed E-state index contributed by atoms with van der Waals surface area (Å²) in [6.45, 7) is 0. The first-order valence-electron chi connectivity index (χ1n) is 2.62. The van der Waals surface area contributed by atoms with Crippen LogP contribution in [0.5, 0.6) is 0 Å². The van der Waals surface area contributed by atoms with E-state index in [1.807, 2.05) is 0 Å². The summed E-state index contributed by atoms with van der Waals surface area (Å²) in [5, 5.41) is 7.47. The third kappa shape index (κ3) is 10.5. The Hall–Kier alpha value is 0.410. The molecule has 0 unspecified atom stereocenters. The van der Waals surface area contributed by atoms with Crippen molar-refractivity contribution in [3.05, 3.63) is 0 Å². The van der Waals surface area contributed by atoms with Crippen molar-refractivity contribution < 1.29 is 31.4 Å². The highest BCUT2D eigenvalue weighted by Crippen LogP contribution is 2.32. The van der Waals surface area contributed by atoms with Gasteiger partial charge in [0.15, 0.2) is 4.30 Å². The first-order valence-corrected chi connectivity index (χ1v) is 3.93. The lowest BCUT2D eigenvalue weighted by molar-refractivity contribution is -0.308. The minimum absolute atomic E-state index is 0.750. The Morgan fingerprint density at radius 1 is 0.786 bits per heavy atom. The normalized spacial score (nSPS) is 12.9. The minimum Gasteiger partial charge on any atom is -0.377 e. The Bertz CT molecular complexity index is 137. The predicted molar refractivity (Wildman–Crippen MR) is 39.5 cm³/mol. The Labute approximate surface area is 89.5 Å². The molecular formula is C4H3Cl3F6O. The second-order valence-corrected chi connectivity index (χ2v) is 3.71. The number of rotatable bonds is 0. The van der Waals surface area contributed by atoms with E-state index in [1.165, 1.54) is 0 Å². The summed E-state index contributed by atoms with van der Waals surface area (Å²) in [5.74, 6) is 0. The summed E-state index contributed by atoms with van der Waals surface area (Å²) in [7, 11) is 0. The molecule has 1 N–H and O–H groups in total. The van der Waals surface area contributed by atoms with E-state index in [-0.39, 0.29) is 0 Å². The standard InChI is InChI=1S/C3H2F6O.CHCl3/c4-2(5,6)1(10)3(7,8)9;2-1(3)4/h1,10H;1H. The van der Waals surface area contributed by atoms with Gasteiger partial charge in [0.05, 0.1) is 0 Å². The Morgan fingerprint density at radius 3 is 0.929 bits per heavy atom. The van der Waals surface area contributed by atoms with E-state index < -0.39 is 22.8 Å². The average Bonchev–Trinajstić information content (AvgIpc) is 1.80. The number of hydrogen-bond donors (Lipinski definition) is 1. The Morgan fingerprint density at radius 2 is 0.929 bits per heavy atom. The van der Waals surface area contributed by atoms with Gasteiger partial charge in [0.1, 0.15) is 0 Å². The van der Waals surface area contributed by atoms with Crippen LogP contribution in [-0.2, 0) is 0 Å². The first kappa shape index (κ1) is 16.8. The molecule has 0 aromatic rings. The summed E-state index contributed by atoms with van der Waals surface area (Å²) in [4.78, 5) is 0. The van der Waals surface area contributed by atoms with Crippen LogP contribution in [0.1, 0.15) is 0 Å². The van der Waals surface area contributed by atoms with Crippen molar-refractivity contribution in [3.63, 3.8) is 0 Å². The molecule has 0 spiro atoms. The van der Waals surface area contributed by atoms with Crippen LogP contribution in [0.15, 0.2) is 0 Å². The molecule has 0 saturated carbocycles. The fraction of sp³-hybridized carbons (Fsp3) is 1.00. The van der Waals surface area contributed by atoms with Gasteiger partial charge in [-0.25, -0.2) is 0 Å². The predicted octanol–water partition coefficient (Wildman–Crippen LogP) is 3.46. The van der Waals surface area contributed by atoms with Gasteiger partial charge in [-0.1, -0.05) is 34.8 Å². The van der Waals surface area contributed by atoms with Gasteiger partial charge in [-0.2, -0.15) is 26.3 Å². The third-order valence-electron chi connectivity index (χ3n) is 0.620. The molecule has 0 fully saturated rings. The molecule has 0 aliphatic carbocycles. The molecule has 10 heteroatoms. The molecule has 0 bridgehead atoms. The van der Waals surface area contributed by atoms with Gasteiger partial charge in [-0.3, -0.25) is 0 Å². The molecule has 0 aromatic carbocycles. The van der Waals surface area contributed by atoms with E-state index in [4.69, 9.17) is 39.9 Å². The molecule has 0 aliphatic heterocycles. The summed E-state index contributed by atoms with van der Waals surface area (Å²) >= 11 is 14.4. The lowest BCUT2D eigenvalue weighted by Gasteiger charge is -2.16. The minimum atomic E-state index is -5.63. The summed E-state index contributed by atoms with van der Waals surface area (Å²) in [6.07, 6.45) is -15.5. The molecule has 0 heterocycles. The molecule has 0 atom stereocenters. The van der Waals surface area contributed by atoms with E-state index in [2.05, 4.69) is 0 Å². The number of aliphatic hydroxyl groups excluding tert-OH is 1. The van der Waals surface area contributed by atoms with E-state index in [9.17, 15) is 26.3 Å². The molecule has 14 heavy (non-hydrogen) atoms. The highest BCUT2D eigenvalue weighted by molar-refractivity contribution is 6.63. The highest BCUT2D eigenvalue weighted by Gasteiger charge is 2.55. The first-order chi connectivity index (χ1) is 5.89. The molecule has 0 radical (unpaired) electrons. The zero-order valence-corrected chi connectivity index (χ0v) is 8.27. The van der Waals surface area contributed by atoms with Crippen LogP contribution in [0, 0.1) is 0 Å². The number of hydrogen-bond acceptors (Lipinski definition) is 1.